The fraction of sp³-hybridized carbons (Fsp3) is 0.619. The van der Waals surface area contributed by atoms with Crippen LogP contribution in [0.3, 0.4) is 0 Å². The fourth-order valence-corrected chi connectivity index (χ4v) is 2.48. The molecule has 1 heteroatoms. The minimum Gasteiger partial charge on any atom is -0.493 e. The first-order valence-corrected chi connectivity index (χ1v) is 8.66. The molecule has 124 valence electrons. The van der Waals surface area contributed by atoms with E-state index < -0.39 is 0 Å². The molecule has 0 aliphatic rings. The lowest BCUT2D eigenvalue weighted by Gasteiger charge is -2.24. The summed E-state index contributed by atoms with van der Waals surface area (Å²) in [5.74, 6) is 2.17. The van der Waals surface area contributed by atoms with Crippen LogP contribution in [0.4, 0.5) is 0 Å². The van der Waals surface area contributed by atoms with Crippen molar-refractivity contribution in [1.29, 1.82) is 0 Å². The van der Waals surface area contributed by atoms with Gasteiger partial charge in [-0.05, 0) is 47.3 Å². The molecule has 0 aromatic heterocycles. The van der Waals surface area contributed by atoms with Gasteiger partial charge in [-0.2, -0.15) is 0 Å². The van der Waals surface area contributed by atoms with E-state index in [9.17, 15) is 0 Å². The second-order valence-corrected chi connectivity index (χ2v) is 7.80. The van der Waals surface area contributed by atoms with E-state index in [1.54, 1.807) is 0 Å². The fourth-order valence-electron chi connectivity index (χ4n) is 2.48. The molecule has 0 spiro atoms. The zero-order chi connectivity index (χ0) is 16.8. The summed E-state index contributed by atoms with van der Waals surface area (Å²) in [5.41, 5.74) is 2.82. The lowest BCUT2D eigenvalue weighted by molar-refractivity contribution is 0.265. The minimum absolute atomic E-state index is 0.102. The Labute approximate surface area is 137 Å². The number of hydrogen-bond donors (Lipinski definition) is 0. The van der Waals surface area contributed by atoms with E-state index in [4.69, 9.17) is 4.74 Å². The highest BCUT2D eigenvalue weighted by atomic mass is 16.5. The van der Waals surface area contributed by atoms with Gasteiger partial charge in [0.25, 0.3) is 0 Å². The van der Waals surface area contributed by atoms with E-state index in [0.29, 0.717) is 11.8 Å². The zero-order valence-corrected chi connectivity index (χ0v) is 15.6. The minimum atomic E-state index is 0.102. The van der Waals surface area contributed by atoms with Crippen LogP contribution in [0.1, 0.15) is 66.0 Å². The topological polar surface area (TPSA) is 9.23 Å². The quantitative estimate of drug-likeness (QED) is 0.548. The van der Waals surface area contributed by atoms with Crippen LogP contribution < -0.4 is 4.74 Å². The third kappa shape index (κ3) is 6.25. The molecule has 1 unspecified atom stereocenters. The van der Waals surface area contributed by atoms with Gasteiger partial charge in [-0.15, -0.1) is 0 Å². The average Bonchev–Trinajstić information content (AvgIpc) is 2.42. The standard InChI is InChI=1S/C21H34O/c1-8-9-10-17(4)13-18-11-12-20(22-15-16(2)3)19(14-18)21(5,6)7/h9-12,14,16-17H,8,13,15H2,1-7H3/b10-9-. The van der Waals surface area contributed by atoms with Crippen molar-refractivity contribution >= 4 is 0 Å². The summed E-state index contributed by atoms with van der Waals surface area (Å²) in [6.07, 6.45) is 6.78. The van der Waals surface area contributed by atoms with Crippen molar-refractivity contribution in [3.8, 4) is 5.75 Å². The molecule has 0 N–H and O–H groups in total. The van der Waals surface area contributed by atoms with Crippen molar-refractivity contribution in [2.75, 3.05) is 6.61 Å². The molecule has 0 saturated carbocycles. The molecule has 1 nitrogen and oxygen atoms in total. The molecule has 22 heavy (non-hydrogen) atoms. The van der Waals surface area contributed by atoms with Gasteiger partial charge in [-0.1, -0.05) is 72.8 Å². The first-order chi connectivity index (χ1) is 10.2. The summed E-state index contributed by atoms with van der Waals surface area (Å²) < 4.78 is 6.04. The smallest absolute Gasteiger partial charge is 0.123 e. The van der Waals surface area contributed by atoms with Crippen LogP contribution in [0.2, 0.25) is 0 Å². The predicted octanol–water partition coefficient (Wildman–Crippen LogP) is 6.16. The summed E-state index contributed by atoms with van der Waals surface area (Å²) in [6.45, 7) is 16.4. The van der Waals surface area contributed by atoms with Crippen molar-refractivity contribution in [2.24, 2.45) is 11.8 Å². The van der Waals surface area contributed by atoms with Crippen molar-refractivity contribution < 1.29 is 4.74 Å². The predicted molar refractivity (Wildman–Crippen MR) is 97.8 cm³/mol. The third-order valence-electron chi connectivity index (χ3n) is 3.68. The molecular weight excluding hydrogens is 268 g/mol. The summed E-state index contributed by atoms with van der Waals surface area (Å²) >= 11 is 0. The molecule has 0 aliphatic heterocycles. The maximum Gasteiger partial charge on any atom is 0.123 e. The molecule has 0 aliphatic carbocycles. The highest BCUT2D eigenvalue weighted by molar-refractivity contribution is 5.42. The Bertz CT molecular complexity index is 477. The van der Waals surface area contributed by atoms with Gasteiger partial charge in [0.05, 0.1) is 6.61 Å². The zero-order valence-electron chi connectivity index (χ0n) is 15.6. The van der Waals surface area contributed by atoms with Gasteiger partial charge in [-0.3, -0.25) is 0 Å². The van der Waals surface area contributed by atoms with E-state index in [0.717, 1.165) is 25.2 Å². The molecule has 1 aromatic rings. The summed E-state index contributed by atoms with van der Waals surface area (Å²) in [7, 11) is 0. The van der Waals surface area contributed by atoms with Crippen molar-refractivity contribution in [1.82, 2.24) is 0 Å². The Hall–Kier alpha value is -1.24. The average molecular weight is 303 g/mol. The van der Waals surface area contributed by atoms with Crippen LogP contribution in [0, 0.1) is 11.8 Å². The van der Waals surface area contributed by atoms with Crippen molar-refractivity contribution in [3.05, 3.63) is 41.5 Å². The van der Waals surface area contributed by atoms with Gasteiger partial charge in [-0.25, -0.2) is 0 Å². The van der Waals surface area contributed by atoms with E-state index in [1.807, 2.05) is 0 Å². The number of benzene rings is 1. The van der Waals surface area contributed by atoms with E-state index in [2.05, 4.69) is 78.8 Å². The van der Waals surface area contributed by atoms with Crippen LogP contribution in [0.15, 0.2) is 30.4 Å². The molecule has 0 saturated heterocycles. The number of ether oxygens (including phenoxy) is 1. The van der Waals surface area contributed by atoms with Crippen molar-refractivity contribution in [2.45, 2.75) is 66.7 Å². The van der Waals surface area contributed by atoms with Crippen LogP contribution in [0.5, 0.6) is 5.75 Å². The Morgan fingerprint density at radius 2 is 1.82 bits per heavy atom. The Morgan fingerprint density at radius 1 is 1.14 bits per heavy atom. The SMILES string of the molecule is CC/C=C\C(C)Cc1ccc(OCC(C)C)c(C(C)(C)C)c1. The summed E-state index contributed by atoms with van der Waals surface area (Å²) in [5, 5.41) is 0. The Kier molecular flexibility index (Phi) is 7.19. The maximum atomic E-state index is 6.04. The highest BCUT2D eigenvalue weighted by Crippen LogP contribution is 2.33. The van der Waals surface area contributed by atoms with Gasteiger partial charge in [0.1, 0.15) is 5.75 Å². The van der Waals surface area contributed by atoms with E-state index in [1.165, 1.54) is 11.1 Å². The third-order valence-corrected chi connectivity index (χ3v) is 3.68. The Balaban J connectivity index is 2.97. The number of hydrogen-bond acceptors (Lipinski definition) is 1. The molecule has 0 amide bonds. The van der Waals surface area contributed by atoms with E-state index >= 15 is 0 Å². The number of allylic oxidation sites excluding steroid dienone is 2. The van der Waals surface area contributed by atoms with Crippen LogP contribution in [-0.2, 0) is 11.8 Å². The van der Waals surface area contributed by atoms with Gasteiger partial charge < -0.3 is 4.74 Å². The number of rotatable bonds is 7. The second kappa shape index (κ2) is 8.41. The lowest BCUT2D eigenvalue weighted by Crippen LogP contribution is -2.16. The largest absolute Gasteiger partial charge is 0.493 e. The van der Waals surface area contributed by atoms with Gasteiger partial charge in [0.2, 0.25) is 0 Å². The summed E-state index contributed by atoms with van der Waals surface area (Å²) in [6, 6.07) is 6.72. The monoisotopic (exact) mass is 302 g/mol. The molecule has 1 aromatic carbocycles. The molecule has 0 radical (unpaired) electrons. The Morgan fingerprint density at radius 3 is 2.36 bits per heavy atom. The molecular formula is C21H34O. The highest BCUT2D eigenvalue weighted by Gasteiger charge is 2.20. The van der Waals surface area contributed by atoms with Gasteiger partial charge >= 0.3 is 0 Å². The molecule has 0 heterocycles. The van der Waals surface area contributed by atoms with Gasteiger partial charge in [0.15, 0.2) is 0 Å². The van der Waals surface area contributed by atoms with E-state index in [-0.39, 0.29) is 5.41 Å². The molecule has 1 rings (SSSR count). The van der Waals surface area contributed by atoms with Crippen molar-refractivity contribution in [3.63, 3.8) is 0 Å². The molecule has 0 bridgehead atoms. The summed E-state index contributed by atoms with van der Waals surface area (Å²) in [4.78, 5) is 0. The first-order valence-electron chi connectivity index (χ1n) is 8.66. The molecule has 1 atom stereocenters. The maximum absolute atomic E-state index is 6.04. The lowest BCUT2D eigenvalue weighted by atomic mass is 9.84. The van der Waals surface area contributed by atoms with Crippen LogP contribution >= 0.6 is 0 Å². The normalized spacial score (nSPS) is 13.8. The second-order valence-electron chi connectivity index (χ2n) is 7.80. The van der Waals surface area contributed by atoms with Crippen LogP contribution in [0.25, 0.3) is 0 Å². The first kappa shape index (κ1) is 18.8. The molecule has 0 fully saturated rings. The van der Waals surface area contributed by atoms with Gasteiger partial charge in [0, 0.05) is 0 Å². The van der Waals surface area contributed by atoms with Crippen LogP contribution in [-0.4, -0.2) is 6.61 Å².